The molecule has 0 fully saturated rings. The summed E-state index contributed by atoms with van der Waals surface area (Å²) in [4.78, 5) is 4.48. The highest BCUT2D eigenvalue weighted by Gasteiger charge is 2.17. The van der Waals surface area contributed by atoms with Gasteiger partial charge in [0.25, 0.3) is 0 Å². The Kier molecular flexibility index (Phi) is 4.84. The summed E-state index contributed by atoms with van der Waals surface area (Å²) in [6.45, 7) is 4.27. The second kappa shape index (κ2) is 7.21. The Balaban J connectivity index is 2.36. The molecule has 0 saturated heterocycles. The number of rotatable bonds is 6. The summed E-state index contributed by atoms with van der Waals surface area (Å²) in [5.74, 6) is 1.58. The van der Waals surface area contributed by atoms with E-state index in [0.29, 0.717) is 35.0 Å². The predicted octanol–water partition coefficient (Wildman–Crippen LogP) is 4.66. The van der Waals surface area contributed by atoms with Crippen molar-refractivity contribution in [2.24, 2.45) is 0 Å². The fourth-order valence-electron chi connectivity index (χ4n) is 2.79. The topological polar surface area (TPSA) is 43.4 Å². The van der Waals surface area contributed by atoms with Crippen molar-refractivity contribution in [3.05, 3.63) is 61.1 Å². The van der Waals surface area contributed by atoms with E-state index < -0.39 is 0 Å². The lowest BCUT2D eigenvalue weighted by atomic mass is 9.98. The molecule has 1 aromatic heterocycles. The van der Waals surface area contributed by atoms with Gasteiger partial charge in [-0.15, -0.1) is 6.58 Å². The molecular weight excluding hydrogens is 319 g/mol. The van der Waals surface area contributed by atoms with Crippen LogP contribution in [0.3, 0.4) is 0 Å². The zero-order valence-electron chi connectivity index (χ0n) is 14.2. The van der Waals surface area contributed by atoms with Gasteiger partial charge >= 0.3 is 0 Å². The van der Waals surface area contributed by atoms with Crippen LogP contribution in [0.5, 0.6) is 11.5 Å². The first kappa shape index (κ1) is 16.8. The number of pyridine rings is 1. The summed E-state index contributed by atoms with van der Waals surface area (Å²) >= 11 is 0. The lowest BCUT2D eigenvalue weighted by Crippen LogP contribution is -2.03. The maximum absolute atomic E-state index is 14.4. The normalized spacial score (nSPS) is 10.5. The van der Waals surface area contributed by atoms with Gasteiger partial charge in [-0.05, 0) is 12.1 Å². The van der Waals surface area contributed by atoms with Gasteiger partial charge in [-0.25, -0.2) is 9.37 Å². The van der Waals surface area contributed by atoms with Crippen LogP contribution in [0, 0.1) is 5.82 Å². The highest BCUT2D eigenvalue weighted by atomic mass is 19.1. The van der Waals surface area contributed by atoms with E-state index in [1.165, 1.54) is 6.07 Å². The second-order valence-electron chi connectivity index (χ2n) is 5.42. The fraction of sp³-hybridized carbons (Fsp3) is 0.150. The first-order valence-electron chi connectivity index (χ1n) is 7.84. The van der Waals surface area contributed by atoms with Crippen molar-refractivity contribution >= 4 is 16.6 Å². The Morgan fingerprint density at radius 3 is 2.64 bits per heavy atom. The molecule has 3 rings (SSSR count). The third-order valence-corrected chi connectivity index (χ3v) is 3.96. The van der Waals surface area contributed by atoms with Crippen LogP contribution in [0.1, 0.15) is 0 Å². The first-order chi connectivity index (χ1) is 12.2. The molecule has 5 heteroatoms. The molecule has 0 aliphatic carbocycles. The van der Waals surface area contributed by atoms with Crippen LogP contribution in [0.15, 0.2) is 55.3 Å². The number of anilines is 1. The number of hydrogen-bond acceptors (Lipinski definition) is 4. The molecule has 0 bridgehead atoms. The van der Waals surface area contributed by atoms with Gasteiger partial charge in [-0.2, -0.15) is 0 Å². The van der Waals surface area contributed by atoms with Crippen LogP contribution >= 0.6 is 0 Å². The highest BCUT2D eigenvalue weighted by Crippen LogP contribution is 2.41. The fourth-order valence-corrected chi connectivity index (χ4v) is 2.79. The number of fused-ring (bicyclic) bond motifs is 1. The van der Waals surface area contributed by atoms with Gasteiger partial charge < -0.3 is 14.8 Å². The van der Waals surface area contributed by atoms with Crippen LogP contribution in [-0.2, 0) is 0 Å². The minimum Gasteiger partial charge on any atom is -0.497 e. The van der Waals surface area contributed by atoms with Crippen LogP contribution in [0.2, 0.25) is 0 Å². The van der Waals surface area contributed by atoms with Crippen LogP contribution in [0.25, 0.3) is 21.9 Å². The van der Waals surface area contributed by atoms with Crippen molar-refractivity contribution in [1.29, 1.82) is 0 Å². The van der Waals surface area contributed by atoms with E-state index in [0.717, 1.165) is 10.8 Å². The van der Waals surface area contributed by atoms with Crippen LogP contribution in [0.4, 0.5) is 10.2 Å². The SMILES string of the molecule is C=CCNc1ncc(-c2ccccc2F)c2c(OC)cc(OC)cc12. The molecule has 1 N–H and O–H groups in total. The van der Waals surface area contributed by atoms with Crippen LogP contribution < -0.4 is 14.8 Å². The number of hydrogen-bond donors (Lipinski definition) is 1. The summed E-state index contributed by atoms with van der Waals surface area (Å²) in [5.41, 5.74) is 1.13. The van der Waals surface area contributed by atoms with Crippen molar-refractivity contribution in [3.63, 3.8) is 0 Å². The second-order valence-corrected chi connectivity index (χ2v) is 5.42. The van der Waals surface area contributed by atoms with E-state index >= 15 is 0 Å². The van der Waals surface area contributed by atoms with Crippen molar-refractivity contribution in [3.8, 4) is 22.6 Å². The Labute approximate surface area is 145 Å². The number of nitrogens with one attached hydrogen (secondary N) is 1. The third-order valence-electron chi connectivity index (χ3n) is 3.96. The number of ether oxygens (including phenoxy) is 2. The van der Waals surface area contributed by atoms with Crippen molar-refractivity contribution in [2.75, 3.05) is 26.1 Å². The number of aromatic nitrogens is 1. The van der Waals surface area contributed by atoms with Gasteiger partial charge in [0.05, 0.1) is 14.2 Å². The molecule has 3 aromatic rings. The molecule has 0 aliphatic rings. The summed E-state index contributed by atoms with van der Waals surface area (Å²) in [5, 5.41) is 4.76. The zero-order chi connectivity index (χ0) is 17.8. The van der Waals surface area contributed by atoms with Gasteiger partial charge in [0.1, 0.15) is 23.1 Å². The van der Waals surface area contributed by atoms with Gasteiger partial charge in [0.2, 0.25) is 0 Å². The van der Waals surface area contributed by atoms with Crippen LogP contribution in [-0.4, -0.2) is 25.7 Å². The highest BCUT2D eigenvalue weighted by molar-refractivity contribution is 6.06. The van der Waals surface area contributed by atoms with E-state index in [1.54, 1.807) is 50.8 Å². The summed E-state index contributed by atoms with van der Waals surface area (Å²) in [6.07, 6.45) is 3.40. The van der Waals surface area contributed by atoms with Gasteiger partial charge in [0.15, 0.2) is 0 Å². The lowest BCUT2D eigenvalue weighted by Gasteiger charge is -2.16. The predicted molar refractivity (Wildman–Crippen MR) is 98.9 cm³/mol. The molecule has 0 radical (unpaired) electrons. The summed E-state index contributed by atoms with van der Waals surface area (Å²) in [7, 11) is 3.17. The maximum Gasteiger partial charge on any atom is 0.134 e. The van der Waals surface area contributed by atoms with Crippen molar-refractivity contribution in [2.45, 2.75) is 0 Å². The van der Waals surface area contributed by atoms with E-state index in [1.807, 2.05) is 6.07 Å². The van der Waals surface area contributed by atoms with Gasteiger partial charge in [-0.1, -0.05) is 24.3 Å². The van der Waals surface area contributed by atoms with E-state index in [2.05, 4.69) is 16.9 Å². The van der Waals surface area contributed by atoms with E-state index in [4.69, 9.17) is 9.47 Å². The minimum absolute atomic E-state index is 0.310. The molecule has 0 atom stereocenters. The molecule has 25 heavy (non-hydrogen) atoms. The monoisotopic (exact) mass is 338 g/mol. The summed E-state index contributed by atoms with van der Waals surface area (Å²) < 4.78 is 25.3. The molecule has 0 aliphatic heterocycles. The molecule has 0 saturated carbocycles. The Morgan fingerprint density at radius 1 is 1.16 bits per heavy atom. The molecular formula is C20H19FN2O2. The Bertz CT molecular complexity index is 925. The number of methoxy groups -OCH3 is 2. The third kappa shape index (κ3) is 3.13. The lowest BCUT2D eigenvalue weighted by molar-refractivity contribution is 0.398. The maximum atomic E-state index is 14.4. The van der Waals surface area contributed by atoms with Crippen molar-refractivity contribution in [1.82, 2.24) is 4.98 Å². The standard InChI is InChI=1S/C20H19FN2O2/c1-4-9-22-20-15-10-13(24-2)11-18(25-3)19(15)16(12-23-20)14-7-5-6-8-17(14)21/h4-8,10-12H,1,9H2,2-3H3,(H,22,23). The molecule has 1 heterocycles. The molecule has 0 unspecified atom stereocenters. The van der Waals surface area contributed by atoms with E-state index in [9.17, 15) is 4.39 Å². The smallest absolute Gasteiger partial charge is 0.134 e. The molecule has 2 aromatic carbocycles. The summed E-state index contributed by atoms with van der Waals surface area (Å²) in [6, 6.07) is 10.3. The molecule has 4 nitrogen and oxygen atoms in total. The average Bonchev–Trinajstić information content (AvgIpc) is 2.65. The Hall–Kier alpha value is -3.08. The van der Waals surface area contributed by atoms with Crippen molar-refractivity contribution < 1.29 is 13.9 Å². The first-order valence-corrected chi connectivity index (χ1v) is 7.84. The van der Waals surface area contributed by atoms with Gasteiger partial charge in [0, 0.05) is 40.7 Å². The number of nitrogens with zero attached hydrogens (tertiary/aromatic N) is 1. The molecule has 128 valence electrons. The minimum atomic E-state index is -0.310. The largest absolute Gasteiger partial charge is 0.497 e. The van der Waals surface area contributed by atoms with E-state index in [-0.39, 0.29) is 5.82 Å². The molecule has 0 spiro atoms. The quantitative estimate of drug-likeness (QED) is 0.664. The number of benzene rings is 2. The zero-order valence-corrected chi connectivity index (χ0v) is 14.2. The number of halogens is 1. The Morgan fingerprint density at radius 2 is 1.96 bits per heavy atom. The average molecular weight is 338 g/mol. The van der Waals surface area contributed by atoms with Gasteiger partial charge in [-0.3, -0.25) is 0 Å². The molecule has 0 amide bonds.